The average molecular weight is 339 g/mol. The van der Waals surface area contributed by atoms with Gasteiger partial charge in [0.2, 0.25) is 5.91 Å². The molecule has 1 aromatic carbocycles. The van der Waals surface area contributed by atoms with Gasteiger partial charge in [-0.2, -0.15) is 5.10 Å². The number of nitrogens with zero attached hydrogens (tertiary/aromatic N) is 3. The maximum Gasteiger partial charge on any atom is 0.246 e. The zero-order valence-corrected chi connectivity index (χ0v) is 15.1. The van der Waals surface area contributed by atoms with Crippen LogP contribution in [0.5, 0.6) is 0 Å². The van der Waals surface area contributed by atoms with Crippen molar-refractivity contribution in [2.45, 2.75) is 12.8 Å². The first kappa shape index (κ1) is 17.4. The van der Waals surface area contributed by atoms with Crippen LogP contribution in [-0.2, 0) is 16.6 Å². The molecule has 5 nitrogen and oxygen atoms in total. The van der Waals surface area contributed by atoms with Crippen LogP contribution in [0.4, 0.5) is 0 Å². The van der Waals surface area contributed by atoms with E-state index in [1.807, 2.05) is 66.3 Å². The third kappa shape index (κ3) is 3.99. The summed E-state index contributed by atoms with van der Waals surface area (Å²) in [7, 11) is 3.63. The van der Waals surface area contributed by atoms with Crippen molar-refractivity contribution in [2.75, 3.05) is 26.8 Å². The van der Waals surface area contributed by atoms with E-state index in [1.54, 1.807) is 13.2 Å². The van der Waals surface area contributed by atoms with E-state index in [2.05, 4.69) is 5.10 Å². The Balaban J connectivity index is 1.75. The third-order valence-corrected chi connectivity index (χ3v) is 4.86. The van der Waals surface area contributed by atoms with Crippen molar-refractivity contribution in [3.05, 3.63) is 59.9 Å². The van der Waals surface area contributed by atoms with E-state index < -0.39 is 0 Å². The minimum absolute atomic E-state index is 0.0637. The maximum absolute atomic E-state index is 12.7. The lowest BCUT2D eigenvalue weighted by molar-refractivity contribution is -0.125. The Labute approximate surface area is 148 Å². The molecule has 3 rings (SSSR count). The summed E-state index contributed by atoms with van der Waals surface area (Å²) >= 11 is 0. The Hall–Kier alpha value is -2.40. The normalized spacial score (nSPS) is 20.9. The van der Waals surface area contributed by atoms with Crippen LogP contribution < -0.4 is 0 Å². The number of rotatable bonds is 5. The van der Waals surface area contributed by atoms with Gasteiger partial charge in [0.25, 0.3) is 0 Å². The fraction of sp³-hybridized carbons (Fsp3) is 0.400. The first-order valence-corrected chi connectivity index (χ1v) is 8.58. The molecule has 0 bridgehead atoms. The molecule has 0 saturated carbocycles. The van der Waals surface area contributed by atoms with Gasteiger partial charge < -0.3 is 9.64 Å². The van der Waals surface area contributed by atoms with E-state index in [9.17, 15) is 4.79 Å². The molecular weight excluding hydrogens is 314 g/mol. The van der Waals surface area contributed by atoms with Gasteiger partial charge in [-0.05, 0) is 23.6 Å². The molecule has 1 aliphatic heterocycles. The van der Waals surface area contributed by atoms with Gasteiger partial charge in [0.05, 0.1) is 12.8 Å². The summed E-state index contributed by atoms with van der Waals surface area (Å²) in [6.45, 7) is 4.04. The monoisotopic (exact) mass is 339 g/mol. The largest absolute Gasteiger partial charge is 0.384 e. The molecule has 1 aromatic heterocycles. The maximum atomic E-state index is 12.7. The Bertz CT molecular complexity index is 751. The van der Waals surface area contributed by atoms with Crippen LogP contribution in [0.1, 0.15) is 24.0 Å². The number of aryl methyl sites for hydroxylation is 1. The number of aromatic nitrogens is 2. The van der Waals surface area contributed by atoms with Gasteiger partial charge in [-0.3, -0.25) is 9.48 Å². The van der Waals surface area contributed by atoms with Crippen molar-refractivity contribution in [1.82, 2.24) is 14.7 Å². The molecule has 132 valence electrons. The number of methoxy groups -OCH3 is 1. The number of amides is 1. The predicted molar refractivity (Wildman–Crippen MR) is 98.0 cm³/mol. The number of allylic oxidation sites excluding steroid dienone is 1. The number of carbonyl (C=O) groups excluding carboxylic acids is 1. The zero-order chi connectivity index (χ0) is 17.8. The molecule has 25 heavy (non-hydrogen) atoms. The highest BCUT2D eigenvalue weighted by Gasteiger charge is 2.36. The number of ether oxygens (including phenoxy) is 1. The molecule has 0 aliphatic carbocycles. The van der Waals surface area contributed by atoms with Crippen molar-refractivity contribution in [3.8, 4) is 0 Å². The van der Waals surface area contributed by atoms with Crippen molar-refractivity contribution in [1.29, 1.82) is 0 Å². The fourth-order valence-corrected chi connectivity index (χ4v) is 3.50. The van der Waals surface area contributed by atoms with Crippen molar-refractivity contribution in [2.24, 2.45) is 13.0 Å². The fourth-order valence-electron chi connectivity index (χ4n) is 3.50. The van der Waals surface area contributed by atoms with Gasteiger partial charge in [-0.1, -0.05) is 30.3 Å². The molecule has 0 N–H and O–H groups in total. The summed E-state index contributed by atoms with van der Waals surface area (Å²) < 4.78 is 7.19. The number of benzene rings is 1. The standard InChI is InChI=1S/C20H25N3O2/c1-15(16-7-5-4-6-8-16)9-20(24)23-12-18(14-25-3)19(13-23)17-10-21-22(2)11-17/h4-11,18-19H,12-14H2,1-3H3/b15-9+/t18-,19-/m0/s1. The van der Waals surface area contributed by atoms with Gasteiger partial charge in [0.1, 0.15) is 0 Å². The van der Waals surface area contributed by atoms with E-state index in [1.165, 1.54) is 5.56 Å². The molecule has 1 fully saturated rings. The zero-order valence-electron chi connectivity index (χ0n) is 15.1. The van der Waals surface area contributed by atoms with Crippen LogP contribution in [0.25, 0.3) is 5.57 Å². The molecule has 0 unspecified atom stereocenters. The van der Waals surface area contributed by atoms with Gasteiger partial charge in [0.15, 0.2) is 0 Å². The number of hydrogen-bond donors (Lipinski definition) is 0. The summed E-state index contributed by atoms with van der Waals surface area (Å²) in [5.41, 5.74) is 3.23. The first-order chi connectivity index (χ1) is 12.1. The number of carbonyl (C=O) groups is 1. The summed E-state index contributed by atoms with van der Waals surface area (Å²) in [5.74, 6) is 0.625. The lowest BCUT2D eigenvalue weighted by Gasteiger charge is -2.15. The Morgan fingerprint density at radius 1 is 1.32 bits per heavy atom. The SMILES string of the molecule is COC[C@@H]1CN(C(=O)/C=C(\C)c2ccccc2)C[C@H]1c1cnn(C)c1. The first-order valence-electron chi connectivity index (χ1n) is 8.58. The molecule has 0 radical (unpaired) electrons. The van der Waals surface area contributed by atoms with Gasteiger partial charge in [-0.15, -0.1) is 0 Å². The Morgan fingerprint density at radius 2 is 2.08 bits per heavy atom. The molecule has 1 saturated heterocycles. The van der Waals surface area contributed by atoms with Crippen LogP contribution in [0.2, 0.25) is 0 Å². The smallest absolute Gasteiger partial charge is 0.246 e. The van der Waals surface area contributed by atoms with Gasteiger partial charge in [0, 0.05) is 51.4 Å². The number of hydrogen-bond acceptors (Lipinski definition) is 3. The van der Waals surface area contributed by atoms with Gasteiger partial charge in [-0.25, -0.2) is 0 Å². The minimum Gasteiger partial charge on any atom is -0.384 e. The van der Waals surface area contributed by atoms with E-state index in [0.717, 1.165) is 11.1 Å². The van der Waals surface area contributed by atoms with E-state index >= 15 is 0 Å². The molecule has 2 heterocycles. The highest BCUT2D eigenvalue weighted by molar-refractivity contribution is 5.95. The molecular formula is C20H25N3O2. The second-order valence-electron chi connectivity index (χ2n) is 6.71. The van der Waals surface area contributed by atoms with E-state index in [4.69, 9.17) is 4.74 Å². The molecule has 0 spiro atoms. The molecule has 5 heteroatoms. The summed E-state index contributed by atoms with van der Waals surface area (Å²) in [4.78, 5) is 14.7. The Kier molecular flexibility index (Phi) is 5.34. The summed E-state index contributed by atoms with van der Waals surface area (Å²) in [6.07, 6.45) is 5.67. The number of likely N-dealkylation sites (tertiary alicyclic amines) is 1. The Morgan fingerprint density at radius 3 is 2.72 bits per heavy atom. The van der Waals surface area contributed by atoms with Crippen molar-refractivity contribution < 1.29 is 9.53 Å². The summed E-state index contributed by atoms with van der Waals surface area (Å²) in [5, 5.41) is 4.27. The van der Waals surface area contributed by atoms with Crippen LogP contribution in [0.15, 0.2) is 48.8 Å². The predicted octanol–water partition coefficient (Wildman–Crippen LogP) is 2.71. The van der Waals surface area contributed by atoms with Crippen LogP contribution in [0, 0.1) is 5.92 Å². The second kappa shape index (κ2) is 7.66. The molecule has 1 aliphatic rings. The quantitative estimate of drug-likeness (QED) is 0.787. The minimum atomic E-state index is 0.0637. The molecule has 2 aromatic rings. The van der Waals surface area contributed by atoms with E-state index in [-0.39, 0.29) is 11.8 Å². The highest BCUT2D eigenvalue weighted by Crippen LogP contribution is 2.33. The van der Waals surface area contributed by atoms with Gasteiger partial charge >= 0.3 is 0 Å². The third-order valence-electron chi connectivity index (χ3n) is 4.86. The average Bonchev–Trinajstić information content (AvgIpc) is 3.22. The summed E-state index contributed by atoms with van der Waals surface area (Å²) in [6, 6.07) is 10.00. The molecule has 1 amide bonds. The second-order valence-corrected chi connectivity index (χ2v) is 6.71. The lowest BCUT2D eigenvalue weighted by Crippen LogP contribution is -2.27. The van der Waals surface area contributed by atoms with Crippen LogP contribution in [0.3, 0.4) is 0 Å². The topological polar surface area (TPSA) is 47.4 Å². The van der Waals surface area contributed by atoms with Crippen LogP contribution in [-0.4, -0.2) is 47.4 Å². The lowest BCUT2D eigenvalue weighted by atomic mass is 9.92. The molecule has 2 atom stereocenters. The van der Waals surface area contributed by atoms with Crippen molar-refractivity contribution >= 4 is 11.5 Å². The van der Waals surface area contributed by atoms with E-state index in [0.29, 0.717) is 25.6 Å². The van der Waals surface area contributed by atoms with Crippen LogP contribution >= 0.6 is 0 Å². The highest BCUT2D eigenvalue weighted by atomic mass is 16.5. The van der Waals surface area contributed by atoms with Crippen molar-refractivity contribution in [3.63, 3.8) is 0 Å².